The van der Waals surface area contributed by atoms with Gasteiger partial charge in [-0.15, -0.1) is 0 Å². The second-order valence-electron chi connectivity index (χ2n) is 4.90. The summed E-state index contributed by atoms with van der Waals surface area (Å²) in [4.78, 5) is 23.9. The molecule has 1 N–H and O–H groups in total. The van der Waals surface area contributed by atoms with Crippen molar-refractivity contribution in [3.8, 4) is 0 Å². The molecular formula is C16H14F3NO4. The number of halogens is 3. The van der Waals surface area contributed by atoms with E-state index in [1.54, 1.807) is 0 Å². The van der Waals surface area contributed by atoms with Crippen LogP contribution in [0.1, 0.15) is 17.0 Å². The number of dihydropyridines is 1. The molecule has 0 amide bonds. The summed E-state index contributed by atoms with van der Waals surface area (Å²) in [6.45, 7) is 0. The summed E-state index contributed by atoms with van der Waals surface area (Å²) in [6.07, 6.45) is -1.81. The van der Waals surface area contributed by atoms with Crippen molar-refractivity contribution in [2.24, 2.45) is 0 Å². The maximum atomic E-state index is 12.7. The van der Waals surface area contributed by atoms with Gasteiger partial charge in [0, 0.05) is 12.4 Å². The fourth-order valence-corrected chi connectivity index (χ4v) is 2.37. The Kier molecular flexibility index (Phi) is 4.96. The van der Waals surface area contributed by atoms with Crippen molar-refractivity contribution in [1.82, 2.24) is 5.32 Å². The number of carbonyl (C=O) groups excluding carboxylic acids is 2. The van der Waals surface area contributed by atoms with Gasteiger partial charge in [-0.1, -0.05) is 12.1 Å². The molecule has 1 heterocycles. The SMILES string of the molecule is COC(=O)C1=CNC=C(C(=O)OC)C1c1ccc(C(F)(F)F)cc1. The van der Waals surface area contributed by atoms with Gasteiger partial charge >= 0.3 is 18.1 Å². The largest absolute Gasteiger partial charge is 0.466 e. The Morgan fingerprint density at radius 2 is 1.42 bits per heavy atom. The average Bonchev–Trinajstić information content (AvgIpc) is 2.59. The molecule has 8 heteroatoms. The van der Waals surface area contributed by atoms with Gasteiger partial charge in [0.1, 0.15) is 0 Å². The minimum Gasteiger partial charge on any atom is -0.466 e. The summed E-state index contributed by atoms with van der Waals surface area (Å²) in [5.41, 5.74) is -0.328. The molecule has 5 nitrogen and oxygen atoms in total. The Hall–Kier alpha value is -2.77. The molecule has 0 aliphatic carbocycles. The fraction of sp³-hybridized carbons (Fsp3) is 0.250. The van der Waals surface area contributed by atoms with Crippen LogP contribution in [0.15, 0.2) is 47.8 Å². The first kappa shape index (κ1) is 17.6. The monoisotopic (exact) mass is 341 g/mol. The third-order valence-electron chi connectivity index (χ3n) is 3.51. The van der Waals surface area contributed by atoms with Crippen molar-refractivity contribution in [2.75, 3.05) is 14.2 Å². The molecule has 128 valence electrons. The summed E-state index contributed by atoms with van der Waals surface area (Å²) in [5, 5.41) is 2.65. The van der Waals surface area contributed by atoms with E-state index in [0.29, 0.717) is 5.56 Å². The molecule has 0 fully saturated rings. The van der Waals surface area contributed by atoms with E-state index in [1.165, 1.54) is 38.8 Å². The van der Waals surface area contributed by atoms with Crippen LogP contribution in [0.5, 0.6) is 0 Å². The Morgan fingerprint density at radius 3 is 1.79 bits per heavy atom. The van der Waals surface area contributed by atoms with Crippen molar-refractivity contribution < 1.29 is 32.2 Å². The first-order valence-corrected chi connectivity index (χ1v) is 6.79. The lowest BCUT2D eigenvalue weighted by Crippen LogP contribution is -2.26. The number of hydrogen-bond donors (Lipinski definition) is 1. The molecule has 1 aromatic rings. The molecule has 0 atom stereocenters. The lowest BCUT2D eigenvalue weighted by atomic mass is 9.83. The zero-order valence-corrected chi connectivity index (χ0v) is 12.8. The van der Waals surface area contributed by atoms with Gasteiger partial charge in [0.15, 0.2) is 0 Å². The number of hydrogen-bond acceptors (Lipinski definition) is 5. The highest BCUT2D eigenvalue weighted by atomic mass is 19.4. The minimum atomic E-state index is -4.48. The number of ether oxygens (including phenoxy) is 2. The predicted molar refractivity (Wildman–Crippen MR) is 77.5 cm³/mol. The minimum absolute atomic E-state index is 0.0835. The zero-order chi connectivity index (χ0) is 17.9. The van der Waals surface area contributed by atoms with Crippen LogP contribution in [0.25, 0.3) is 0 Å². The number of nitrogens with one attached hydrogen (secondary N) is 1. The average molecular weight is 341 g/mol. The van der Waals surface area contributed by atoms with Gasteiger partial charge in [-0.2, -0.15) is 13.2 Å². The van der Waals surface area contributed by atoms with E-state index < -0.39 is 29.6 Å². The van der Waals surface area contributed by atoms with Gasteiger partial charge in [-0.05, 0) is 17.7 Å². The number of carbonyl (C=O) groups is 2. The second kappa shape index (κ2) is 6.77. The molecule has 0 saturated heterocycles. The fourth-order valence-electron chi connectivity index (χ4n) is 2.37. The summed E-state index contributed by atoms with van der Waals surface area (Å²) in [7, 11) is 2.34. The van der Waals surface area contributed by atoms with E-state index in [-0.39, 0.29) is 11.1 Å². The highest BCUT2D eigenvalue weighted by Crippen LogP contribution is 2.36. The van der Waals surface area contributed by atoms with Crippen LogP contribution >= 0.6 is 0 Å². The van der Waals surface area contributed by atoms with Crippen LogP contribution in [-0.2, 0) is 25.2 Å². The highest BCUT2D eigenvalue weighted by molar-refractivity contribution is 5.98. The molecule has 1 aliphatic heterocycles. The molecule has 0 aromatic heterocycles. The van der Waals surface area contributed by atoms with E-state index in [2.05, 4.69) is 14.8 Å². The first-order valence-electron chi connectivity index (χ1n) is 6.79. The maximum Gasteiger partial charge on any atom is 0.416 e. The van der Waals surface area contributed by atoms with Crippen LogP contribution in [0.2, 0.25) is 0 Å². The molecule has 0 unspecified atom stereocenters. The summed E-state index contributed by atoms with van der Waals surface area (Å²) in [5.74, 6) is -2.31. The van der Waals surface area contributed by atoms with E-state index in [1.807, 2.05) is 0 Å². The van der Waals surface area contributed by atoms with Gasteiger partial charge in [0.25, 0.3) is 0 Å². The highest BCUT2D eigenvalue weighted by Gasteiger charge is 2.35. The van der Waals surface area contributed by atoms with Crippen molar-refractivity contribution in [3.63, 3.8) is 0 Å². The van der Waals surface area contributed by atoms with Crippen LogP contribution in [0.4, 0.5) is 13.2 Å². The number of methoxy groups -OCH3 is 2. The summed E-state index contributed by atoms with van der Waals surface area (Å²) in [6, 6.07) is 4.21. The summed E-state index contributed by atoms with van der Waals surface area (Å²) < 4.78 is 47.4. The molecule has 2 rings (SSSR count). The Morgan fingerprint density at radius 1 is 0.958 bits per heavy atom. The van der Waals surface area contributed by atoms with E-state index in [0.717, 1.165) is 12.1 Å². The molecule has 0 radical (unpaired) electrons. The second-order valence-corrected chi connectivity index (χ2v) is 4.90. The number of alkyl halides is 3. The molecule has 24 heavy (non-hydrogen) atoms. The third-order valence-corrected chi connectivity index (χ3v) is 3.51. The maximum absolute atomic E-state index is 12.7. The quantitative estimate of drug-likeness (QED) is 0.856. The van der Waals surface area contributed by atoms with Crippen LogP contribution in [-0.4, -0.2) is 26.2 Å². The molecule has 0 saturated carbocycles. The van der Waals surface area contributed by atoms with Crippen molar-refractivity contribution in [3.05, 3.63) is 58.9 Å². The lowest BCUT2D eigenvalue weighted by molar-refractivity contribution is -0.138. The number of benzene rings is 1. The van der Waals surface area contributed by atoms with Gasteiger partial charge in [-0.3, -0.25) is 0 Å². The lowest BCUT2D eigenvalue weighted by Gasteiger charge is -2.24. The standard InChI is InChI=1S/C16H14F3NO4/c1-23-14(21)11-7-20-8-12(15(22)24-2)13(11)9-3-5-10(6-4-9)16(17,18)19/h3-8,13,20H,1-2H3. The normalized spacial score (nSPS) is 15.0. The molecule has 0 spiro atoms. The Bertz CT molecular complexity index is 673. The number of rotatable bonds is 3. The Labute approximate surface area is 135 Å². The zero-order valence-electron chi connectivity index (χ0n) is 12.8. The Balaban J connectivity index is 2.48. The topological polar surface area (TPSA) is 64.6 Å². The first-order chi connectivity index (χ1) is 11.3. The van der Waals surface area contributed by atoms with Crippen molar-refractivity contribution in [2.45, 2.75) is 12.1 Å². The molecular weight excluding hydrogens is 327 g/mol. The van der Waals surface area contributed by atoms with Crippen LogP contribution in [0.3, 0.4) is 0 Å². The number of esters is 2. The van der Waals surface area contributed by atoms with Crippen molar-refractivity contribution in [1.29, 1.82) is 0 Å². The molecule has 1 aliphatic rings. The van der Waals surface area contributed by atoms with Gasteiger partial charge < -0.3 is 14.8 Å². The van der Waals surface area contributed by atoms with E-state index >= 15 is 0 Å². The van der Waals surface area contributed by atoms with Crippen molar-refractivity contribution >= 4 is 11.9 Å². The van der Waals surface area contributed by atoms with E-state index in [9.17, 15) is 22.8 Å². The molecule has 1 aromatic carbocycles. The smallest absolute Gasteiger partial charge is 0.416 e. The van der Waals surface area contributed by atoms with E-state index in [4.69, 9.17) is 0 Å². The predicted octanol–water partition coefficient (Wildman–Crippen LogP) is 2.51. The van der Waals surface area contributed by atoms with Gasteiger partial charge in [0.2, 0.25) is 0 Å². The van der Waals surface area contributed by atoms with Gasteiger partial charge in [0.05, 0.1) is 36.8 Å². The molecule has 0 bridgehead atoms. The van der Waals surface area contributed by atoms with Crippen LogP contribution in [0, 0.1) is 0 Å². The summed E-state index contributed by atoms with van der Waals surface area (Å²) >= 11 is 0. The third kappa shape index (κ3) is 3.42. The van der Waals surface area contributed by atoms with Crippen LogP contribution < -0.4 is 5.32 Å². The van der Waals surface area contributed by atoms with Gasteiger partial charge in [-0.25, -0.2) is 9.59 Å².